The quantitative estimate of drug-likeness (QED) is 0.479. The molecule has 12 heteroatoms. The van der Waals surface area contributed by atoms with Crippen LogP contribution < -0.4 is 10.1 Å². The van der Waals surface area contributed by atoms with Gasteiger partial charge >= 0.3 is 6.09 Å². The van der Waals surface area contributed by atoms with E-state index in [1.807, 2.05) is 19.2 Å². The molecule has 31 heavy (non-hydrogen) atoms. The summed E-state index contributed by atoms with van der Waals surface area (Å²) < 4.78 is 30.2. The maximum absolute atomic E-state index is 12.3. The molecule has 0 spiro atoms. The highest BCUT2D eigenvalue weighted by Gasteiger charge is 2.30. The number of carbonyl (C=O) groups excluding carboxylic acids is 1. The fraction of sp³-hybridized carbons (Fsp3) is 0.263. The van der Waals surface area contributed by atoms with Gasteiger partial charge in [0.1, 0.15) is 11.4 Å². The summed E-state index contributed by atoms with van der Waals surface area (Å²) >= 11 is 6.10. The van der Waals surface area contributed by atoms with Gasteiger partial charge in [0, 0.05) is 23.5 Å². The maximum atomic E-state index is 12.3. The van der Waals surface area contributed by atoms with Gasteiger partial charge in [-0.05, 0) is 24.6 Å². The molecule has 3 aliphatic rings. The lowest BCUT2D eigenvalue weighted by molar-refractivity contribution is 0.197. The standard InChI is InChI=1S/C19H17ClN6O4S/c1-26-14-6-10(20)2-3-12(14)16(25-26)13-7-21-18-17(24-13)15(8-22-18)30-19(27)23-11-4-5-31(28,29)9-11/h2-3,6-8,11,24H,4-5,9H2,1H3,(H,23,27). The Morgan fingerprint density at radius 2 is 2.13 bits per heavy atom. The molecule has 0 saturated carbocycles. The van der Waals surface area contributed by atoms with E-state index in [0.717, 1.165) is 10.9 Å². The number of carbonyl (C=O) groups is 1. The van der Waals surface area contributed by atoms with Crippen molar-refractivity contribution >= 4 is 38.4 Å². The number of halogens is 1. The minimum absolute atomic E-state index is 0.0586. The second-order valence-corrected chi connectivity index (χ2v) is 10.1. The lowest BCUT2D eigenvalue weighted by Gasteiger charge is -2.11. The van der Waals surface area contributed by atoms with Gasteiger partial charge in [-0.1, -0.05) is 11.6 Å². The highest BCUT2D eigenvalue weighted by molar-refractivity contribution is 7.91. The van der Waals surface area contributed by atoms with Gasteiger partial charge < -0.3 is 15.0 Å². The number of nitrogens with one attached hydrogen (secondary N) is 2. The van der Waals surface area contributed by atoms with Crippen molar-refractivity contribution in [2.24, 2.45) is 7.05 Å². The number of rotatable bonds is 3. The van der Waals surface area contributed by atoms with E-state index < -0.39 is 22.0 Å². The molecule has 2 N–H and O–H groups in total. The van der Waals surface area contributed by atoms with Gasteiger partial charge in [-0.2, -0.15) is 5.10 Å². The van der Waals surface area contributed by atoms with Crippen molar-refractivity contribution in [3.05, 3.63) is 35.6 Å². The van der Waals surface area contributed by atoms with Crippen molar-refractivity contribution in [1.82, 2.24) is 30.0 Å². The van der Waals surface area contributed by atoms with Crippen LogP contribution in [0.2, 0.25) is 5.02 Å². The molecule has 1 unspecified atom stereocenters. The number of benzene rings is 1. The topological polar surface area (TPSA) is 132 Å². The molecule has 1 fully saturated rings. The number of hydrogen-bond donors (Lipinski definition) is 2. The van der Waals surface area contributed by atoms with Crippen LogP contribution in [-0.2, 0) is 16.9 Å². The Bertz CT molecular complexity index is 1400. The summed E-state index contributed by atoms with van der Waals surface area (Å²) in [4.78, 5) is 23.9. The van der Waals surface area contributed by atoms with Crippen LogP contribution in [-0.4, -0.2) is 56.8 Å². The molecule has 4 heterocycles. The van der Waals surface area contributed by atoms with Gasteiger partial charge in [0.15, 0.2) is 21.4 Å². The molecular formula is C19H17ClN6O4S. The van der Waals surface area contributed by atoms with E-state index in [1.165, 1.54) is 6.20 Å². The van der Waals surface area contributed by atoms with Crippen LogP contribution in [0.3, 0.4) is 0 Å². The zero-order chi connectivity index (χ0) is 21.8. The van der Waals surface area contributed by atoms with E-state index in [9.17, 15) is 13.2 Å². The lowest BCUT2D eigenvalue weighted by Crippen LogP contribution is -2.37. The molecule has 1 aromatic carbocycles. The summed E-state index contributed by atoms with van der Waals surface area (Å²) in [6, 6.07) is 5.02. The van der Waals surface area contributed by atoms with E-state index in [-0.39, 0.29) is 17.3 Å². The van der Waals surface area contributed by atoms with Crippen LogP contribution in [0.15, 0.2) is 30.6 Å². The third-order valence-corrected chi connectivity index (χ3v) is 7.18. The van der Waals surface area contributed by atoms with Crippen molar-refractivity contribution in [2.45, 2.75) is 12.5 Å². The van der Waals surface area contributed by atoms with Gasteiger partial charge in [0.05, 0.1) is 35.1 Å². The third kappa shape index (κ3) is 3.70. The summed E-state index contributed by atoms with van der Waals surface area (Å²) in [6.45, 7) is 0. The van der Waals surface area contributed by atoms with Gasteiger partial charge in [0.2, 0.25) is 0 Å². The van der Waals surface area contributed by atoms with Crippen LogP contribution in [0, 0.1) is 0 Å². The molecule has 160 valence electrons. The normalized spacial score (nSPS) is 17.9. The van der Waals surface area contributed by atoms with E-state index in [2.05, 4.69) is 25.4 Å². The largest absolute Gasteiger partial charge is 0.412 e. The van der Waals surface area contributed by atoms with Gasteiger partial charge in [-0.25, -0.2) is 23.2 Å². The third-order valence-electron chi connectivity index (χ3n) is 5.18. The van der Waals surface area contributed by atoms with Crippen molar-refractivity contribution in [3.63, 3.8) is 0 Å². The average Bonchev–Trinajstić information content (AvgIpc) is 3.37. The monoisotopic (exact) mass is 460 g/mol. The summed E-state index contributed by atoms with van der Waals surface area (Å²) in [5.74, 6) is 0.532. The lowest BCUT2D eigenvalue weighted by atomic mass is 10.1. The first kappa shape index (κ1) is 19.8. The summed E-state index contributed by atoms with van der Waals surface area (Å²) in [5.41, 5.74) is 2.57. The molecule has 2 aromatic rings. The molecule has 1 saturated heterocycles. The van der Waals surface area contributed by atoms with Crippen molar-refractivity contribution in [2.75, 3.05) is 11.5 Å². The van der Waals surface area contributed by atoms with Crippen molar-refractivity contribution in [3.8, 4) is 28.7 Å². The number of nitrogens with zero attached hydrogens (tertiary/aromatic N) is 4. The first-order valence-electron chi connectivity index (χ1n) is 9.44. The number of hydrogen-bond acceptors (Lipinski definition) is 7. The van der Waals surface area contributed by atoms with Crippen molar-refractivity contribution < 1.29 is 17.9 Å². The maximum Gasteiger partial charge on any atom is 0.412 e. The van der Waals surface area contributed by atoms with Crippen LogP contribution >= 0.6 is 11.6 Å². The number of sulfone groups is 1. The Labute approximate surface area is 181 Å². The fourth-order valence-corrected chi connectivity index (χ4v) is 5.54. The first-order valence-corrected chi connectivity index (χ1v) is 11.6. The Kier molecular flexibility index (Phi) is 4.59. The molecule has 1 aromatic heterocycles. The molecule has 1 amide bonds. The van der Waals surface area contributed by atoms with E-state index >= 15 is 0 Å². The molecule has 3 aliphatic heterocycles. The molecule has 0 bridgehead atoms. The summed E-state index contributed by atoms with van der Waals surface area (Å²) in [7, 11) is -1.29. The first-order chi connectivity index (χ1) is 14.8. The molecule has 1 atom stereocenters. The van der Waals surface area contributed by atoms with Gasteiger partial charge in [-0.15, -0.1) is 0 Å². The van der Waals surface area contributed by atoms with E-state index in [1.54, 1.807) is 16.9 Å². The van der Waals surface area contributed by atoms with E-state index in [4.69, 9.17) is 16.3 Å². The molecular weight excluding hydrogens is 444 g/mol. The number of aromatic amines is 1. The van der Waals surface area contributed by atoms with Gasteiger partial charge in [0.25, 0.3) is 0 Å². The van der Waals surface area contributed by atoms with Crippen LogP contribution in [0.25, 0.3) is 33.8 Å². The number of H-pyrrole nitrogens is 1. The van der Waals surface area contributed by atoms with Crippen LogP contribution in [0.1, 0.15) is 6.42 Å². The van der Waals surface area contributed by atoms with Crippen LogP contribution in [0.4, 0.5) is 4.79 Å². The fourth-order valence-electron chi connectivity index (χ4n) is 3.70. The Hall–Kier alpha value is -3.18. The Morgan fingerprint density at radius 1 is 1.32 bits per heavy atom. The number of ether oxygens (including phenoxy) is 1. The number of amides is 1. The smallest absolute Gasteiger partial charge is 0.406 e. The minimum atomic E-state index is -3.11. The zero-order valence-corrected chi connectivity index (χ0v) is 17.9. The molecule has 0 radical (unpaired) electrons. The second-order valence-electron chi connectivity index (χ2n) is 7.39. The number of aromatic nitrogens is 5. The summed E-state index contributed by atoms with van der Waals surface area (Å²) in [5, 5.41) is 8.63. The number of fused-ring (bicyclic) bond motifs is 2. The zero-order valence-electron chi connectivity index (χ0n) is 16.3. The molecule has 0 aliphatic carbocycles. The average molecular weight is 461 g/mol. The van der Waals surface area contributed by atoms with Crippen molar-refractivity contribution in [1.29, 1.82) is 0 Å². The second kappa shape index (κ2) is 7.20. The van der Waals surface area contributed by atoms with Gasteiger partial charge in [-0.3, -0.25) is 4.68 Å². The highest BCUT2D eigenvalue weighted by Crippen LogP contribution is 2.33. The predicted octanol–water partition coefficient (Wildman–Crippen LogP) is 2.39. The predicted molar refractivity (Wildman–Crippen MR) is 114 cm³/mol. The van der Waals surface area contributed by atoms with Crippen LogP contribution in [0.5, 0.6) is 5.75 Å². The minimum Gasteiger partial charge on any atom is -0.406 e. The van der Waals surface area contributed by atoms with E-state index in [0.29, 0.717) is 34.3 Å². The summed E-state index contributed by atoms with van der Waals surface area (Å²) in [6.07, 6.45) is 2.62. The molecule has 5 rings (SSSR count). The Morgan fingerprint density at radius 3 is 2.90 bits per heavy atom. The molecule has 10 nitrogen and oxygen atoms in total. The number of aryl methyl sites for hydroxylation is 1. The highest BCUT2D eigenvalue weighted by atomic mass is 35.5. The Balaban J connectivity index is 1.44. The SMILES string of the molecule is Cn1nc(-c2cnc3ncc(OC(=O)NC4CCS(=O)(=O)C4)c-3[nH]2)c2ccc(Cl)cc21.